The average molecular weight is 312 g/mol. The summed E-state index contributed by atoms with van der Waals surface area (Å²) in [7, 11) is -3.13. The van der Waals surface area contributed by atoms with E-state index in [1.54, 1.807) is 18.5 Å². The minimum Gasteiger partial charge on any atom is -0.338 e. The molecule has 8 heteroatoms. The highest BCUT2D eigenvalue weighted by molar-refractivity contribution is 7.88. The normalized spacial score (nSPS) is 19.4. The molecule has 0 spiro atoms. The van der Waals surface area contributed by atoms with E-state index in [0.717, 1.165) is 12.0 Å². The summed E-state index contributed by atoms with van der Waals surface area (Å²) in [6.07, 6.45) is 5.27. The lowest BCUT2D eigenvalue weighted by Gasteiger charge is -2.14. The Kier molecular flexibility index (Phi) is 4.79. The number of aryl methyl sites for hydroxylation is 1. The van der Waals surface area contributed by atoms with E-state index in [1.807, 2.05) is 6.92 Å². The maximum Gasteiger partial charge on any atom is 0.319 e. The molecule has 1 atom stereocenters. The van der Waals surface area contributed by atoms with E-state index in [4.69, 9.17) is 0 Å². The van der Waals surface area contributed by atoms with E-state index < -0.39 is 10.0 Å². The molecule has 7 nitrogen and oxygen atoms in total. The summed E-state index contributed by atoms with van der Waals surface area (Å²) < 4.78 is 24.3. The molecule has 0 aromatic carbocycles. The quantitative estimate of drug-likeness (QED) is 0.860. The molecule has 0 bridgehead atoms. The first-order chi connectivity index (χ1) is 9.86. The van der Waals surface area contributed by atoms with Crippen molar-refractivity contribution in [1.82, 2.24) is 14.6 Å². The van der Waals surface area contributed by atoms with E-state index in [9.17, 15) is 13.2 Å². The molecule has 1 aliphatic rings. The number of urea groups is 1. The first kappa shape index (κ1) is 15.7. The summed E-state index contributed by atoms with van der Waals surface area (Å²) in [5.74, 6) is 0.156. The van der Waals surface area contributed by atoms with Gasteiger partial charge in [-0.05, 0) is 30.9 Å². The predicted octanol–water partition coefficient (Wildman–Crippen LogP) is 0.793. The second-order valence-corrected chi connectivity index (χ2v) is 7.28. The number of nitrogens with one attached hydrogen (secondary N) is 2. The fourth-order valence-corrected chi connectivity index (χ4v) is 3.20. The molecule has 1 saturated heterocycles. The van der Waals surface area contributed by atoms with Crippen LogP contribution in [-0.4, -0.2) is 49.6 Å². The Bertz CT molecular complexity index is 618. The largest absolute Gasteiger partial charge is 0.338 e. The molecular formula is C13H20N4O3S. The Labute approximate surface area is 124 Å². The molecule has 2 rings (SSSR count). The van der Waals surface area contributed by atoms with Crippen molar-refractivity contribution in [3.8, 4) is 0 Å². The van der Waals surface area contributed by atoms with Gasteiger partial charge in [0.1, 0.15) is 0 Å². The van der Waals surface area contributed by atoms with Crippen molar-refractivity contribution < 1.29 is 13.2 Å². The number of hydrogen-bond donors (Lipinski definition) is 2. The lowest BCUT2D eigenvalue weighted by Crippen LogP contribution is -2.35. The van der Waals surface area contributed by atoms with E-state index in [-0.39, 0.29) is 11.9 Å². The first-order valence-corrected chi connectivity index (χ1v) is 8.61. The van der Waals surface area contributed by atoms with Gasteiger partial charge in [0.25, 0.3) is 0 Å². The van der Waals surface area contributed by atoms with Gasteiger partial charge in [-0.1, -0.05) is 0 Å². The second kappa shape index (κ2) is 6.40. The summed E-state index contributed by atoms with van der Waals surface area (Å²) in [4.78, 5) is 15.8. The molecule has 2 N–H and O–H groups in total. The van der Waals surface area contributed by atoms with Gasteiger partial charge < -0.3 is 10.6 Å². The van der Waals surface area contributed by atoms with Crippen LogP contribution in [0.25, 0.3) is 0 Å². The van der Waals surface area contributed by atoms with Crippen LogP contribution in [0.2, 0.25) is 0 Å². The van der Waals surface area contributed by atoms with Gasteiger partial charge in [0.15, 0.2) is 0 Å². The zero-order chi connectivity index (χ0) is 15.5. The maximum atomic E-state index is 11.8. The van der Waals surface area contributed by atoms with E-state index in [2.05, 4.69) is 15.6 Å². The van der Waals surface area contributed by atoms with Crippen LogP contribution in [0.4, 0.5) is 10.5 Å². The molecule has 116 valence electrons. The molecule has 2 heterocycles. The van der Waals surface area contributed by atoms with Crippen LogP contribution in [0.15, 0.2) is 18.5 Å². The monoisotopic (exact) mass is 312 g/mol. The zero-order valence-corrected chi connectivity index (χ0v) is 13.0. The van der Waals surface area contributed by atoms with Crippen molar-refractivity contribution in [2.75, 3.05) is 31.2 Å². The van der Waals surface area contributed by atoms with Crippen molar-refractivity contribution in [2.45, 2.75) is 13.3 Å². The second-order valence-electron chi connectivity index (χ2n) is 5.30. The summed E-state index contributed by atoms with van der Waals surface area (Å²) in [5.41, 5.74) is 1.60. The maximum absolute atomic E-state index is 11.8. The molecule has 1 unspecified atom stereocenters. The summed E-state index contributed by atoms with van der Waals surface area (Å²) in [6.45, 7) is 3.31. The van der Waals surface area contributed by atoms with Gasteiger partial charge in [-0.15, -0.1) is 0 Å². The fourth-order valence-electron chi connectivity index (χ4n) is 2.28. The molecule has 2 amide bonds. The van der Waals surface area contributed by atoms with Crippen molar-refractivity contribution in [3.63, 3.8) is 0 Å². The lowest BCUT2D eigenvalue weighted by molar-refractivity contribution is 0.250. The van der Waals surface area contributed by atoms with Gasteiger partial charge >= 0.3 is 6.03 Å². The number of anilines is 1. The molecule has 0 saturated carbocycles. The first-order valence-electron chi connectivity index (χ1n) is 6.77. The predicted molar refractivity (Wildman–Crippen MR) is 80.5 cm³/mol. The lowest BCUT2D eigenvalue weighted by atomic mass is 10.1. The number of hydrogen-bond acceptors (Lipinski definition) is 4. The third kappa shape index (κ3) is 4.40. The number of pyridine rings is 1. The summed E-state index contributed by atoms with van der Waals surface area (Å²) in [5, 5.41) is 5.53. The highest BCUT2D eigenvalue weighted by atomic mass is 32.2. The average Bonchev–Trinajstić information content (AvgIpc) is 2.88. The molecule has 1 aromatic rings. The Morgan fingerprint density at radius 2 is 2.29 bits per heavy atom. The van der Waals surface area contributed by atoms with Crippen molar-refractivity contribution >= 4 is 21.7 Å². The Balaban J connectivity index is 1.79. The number of sulfonamides is 1. The van der Waals surface area contributed by atoms with E-state index in [1.165, 1.54) is 10.6 Å². The number of nitrogens with zero attached hydrogens (tertiary/aromatic N) is 2. The Morgan fingerprint density at radius 1 is 1.52 bits per heavy atom. The van der Waals surface area contributed by atoms with Crippen LogP contribution < -0.4 is 10.6 Å². The smallest absolute Gasteiger partial charge is 0.319 e. The van der Waals surface area contributed by atoms with Crippen molar-refractivity contribution in [3.05, 3.63) is 24.0 Å². The van der Waals surface area contributed by atoms with Crippen LogP contribution in [0.3, 0.4) is 0 Å². The van der Waals surface area contributed by atoms with Gasteiger partial charge in [-0.2, -0.15) is 0 Å². The summed E-state index contributed by atoms with van der Waals surface area (Å²) >= 11 is 0. The van der Waals surface area contributed by atoms with Crippen molar-refractivity contribution in [2.24, 2.45) is 5.92 Å². The third-order valence-corrected chi connectivity index (χ3v) is 4.81. The molecule has 21 heavy (non-hydrogen) atoms. The van der Waals surface area contributed by atoms with Crippen molar-refractivity contribution in [1.29, 1.82) is 0 Å². The number of aromatic nitrogens is 1. The van der Waals surface area contributed by atoms with Gasteiger partial charge in [-0.25, -0.2) is 17.5 Å². The van der Waals surface area contributed by atoms with Crippen LogP contribution in [0, 0.1) is 12.8 Å². The van der Waals surface area contributed by atoms with Gasteiger partial charge in [-0.3, -0.25) is 4.98 Å². The van der Waals surface area contributed by atoms with Crippen LogP contribution >= 0.6 is 0 Å². The Hall–Kier alpha value is -1.67. The Morgan fingerprint density at radius 3 is 2.90 bits per heavy atom. The number of carbonyl (C=O) groups is 1. The van der Waals surface area contributed by atoms with Crippen LogP contribution in [0.5, 0.6) is 0 Å². The molecule has 1 aromatic heterocycles. The number of amides is 2. The molecule has 1 aliphatic heterocycles. The molecular weight excluding hydrogens is 292 g/mol. The minimum atomic E-state index is -3.13. The number of rotatable bonds is 4. The van der Waals surface area contributed by atoms with Gasteiger partial charge in [0.05, 0.1) is 6.26 Å². The van der Waals surface area contributed by atoms with Gasteiger partial charge in [0, 0.05) is 37.7 Å². The number of carbonyl (C=O) groups excluding carboxylic acids is 1. The van der Waals surface area contributed by atoms with Crippen LogP contribution in [-0.2, 0) is 10.0 Å². The molecule has 0 radical (unpaired) electrons. The highest BCUT2D eigenvalue weighted by Crippen LogP contribution is 2.18. The fraction of sp³-hybridized carbons (Fsp3) is 0.538. The topological polar surface area (TPSA) is 91.4 Å². The zero-order valence-electron chi connectivity index (χ0n) is 12.2. The van der Waals surface area contributed by atoms with Gasteiger partial charge in [0.2, 0.25) is 10.0 Å². The summed E-state index contributed by atoms with van der Waals surface area (Å²) in [6, 6.07) is 1.44. The van der Waals surface area contributed by atoms with E-state index >= 15 is 0 Å². The standard InChI is InChI=1S/C13H20N4O3S/c1-10-7-14-5-3-12(10)16-13(18)15-8-11-4-6-17(9-11)21(2,19)20/h3,5,7,11H,4,6,8-9H2,1-2H3,(H2,14,15,16,18). The van der Waals surface area contributed by atoms with Crippen LogP contribution in [0.1, 0.15) is 12.0 Å². The minimum absolute atomic E-state index is 0.156. The highest BCUT2D eigenvalue weighted by Gasteiger charge is 2.28. The molecule has 1 fully saturated rings. The molecule has 0 aliphatic carbocycles. The van der Waals surface area contributed by atoms with E-state index in [0.29, 0.717) is 25.3 Å². The third-order valence-electron chi connectivity index (χ3n) is 3.54. The SMILES string of the molecule is Cc1cnccc1NC(=O)NCC1CCN(S(C)(=O)=O)C1.